The number of carbonyl (C=O) groups is 1. The van der Waals surface area contributed by atoms with Crippen molar-refractivity contribution < 1.29 is 38.8 Å². The summed E-state index contributed by atoms with van der Waals surface area (Å²) in [7, 11) is -4.53. The van der Waals surface area contributed by atoms with E-state index in [4.69, 9.17) is 26.6 Å². The molecule has 29 heavy (non-hydrogen) atoms. The molecule has 2 heterocycles. The van der Waals surface area contributed by atoms with E-state index < -0.39 is 49.0 Å². The Morgan fingerprint density at radius 2 is 2.21 bits per heavy atom. The van der Waals surface area contributed by atoms with E-state index in [1.165, 1.54) is 17.7 Å². The van der Waals surface area contributed by atoms with E-state index in [-0.39, 0.29) is 29.8 Å². The van der Waals surface area contributed by atoms with E-state index in [0.717, 1.165) is 6.07 Å². The molecule has 1 fully saturated rings. The molecular formula is C15H20N3O9PS. The van der Waals surface area contributed by atoms with Crippen molar-refractivity contribution in [3.8, 4) is 0 Å². The van der Waals surface area contributed by atoms with Gasteiger partial charge in [-0.3, -0.25) is 23.7 Å². The summed E-state index contributed by atoms with van der Waals surface area (Å²) >= 11 is 5.06. The number of carboxylic acid groups (broad SMARTS) is 1. The molecule has 1 aliphatic heterocycles. The van der Waals surface area contributed by atoms with Crippen LogP contribution in [0.15, 0.2) is 28.6 Å². The van der Waals surface area contributed by atoms with Crippen molar-refractivity contribution in [2.75, 3.05) is 6.61 Å². The SMILES string of the molecule is CC1(O)CC(O)=C(COP(=O)(O)NC2(C(=O)O)CC2)O[C@H]1n1ccc(=O)[nH]c1=S. The van der Waals surface area contributed by atoms with Crippen molar-refractivity contribution in [1.82, 2.24) is 14.6 Å². The molecule has 0 amide bonds. The molecule has 160 valence electrons. The number of hydrogen-bond acceptors (Lipinski definition) is 8. The first-order valence-electron chi connectivity index (χ1n) is 8.47. The molecule has 1 saturated carbocycles. The monoisotopic (exact) mass is 449 g/mol. The highest BCUT2D eigenvalue weighted by Gasteiger charge is 2.54. The highest BCUT2D eigenvalue weighted by atomic mass is 32.1. The topological polar surface area (TPSA) is 183 Å². The molecule has 12 nitrogen and oxygen atoms in total. The highest BCUT2D eigenvalue weighted by molar-refractivity contribution is 7.71. The lowest BCUT2D eigenvalue weighted by molar-refractivity contribution is -0.143. The summed E-state index contributed by atoms with van der Waals surface area (Å²) in [5.41, 5.74) is -3.60. The van der Waals surface area contributed by atoms with Crippen molar-refractivity contribution >= 4 is 25.9 Å². The van der Waals surface area contributed by atoms with Crippen LogP contribution in [0.4, 0.5) is 0 Å². The Hall–Kier alpha value is -2.02. The maximum absolute atomic E-state index is 12.2. The second-order valence-corrected chi connectivity index (χ2v) is 9.09. The van der Waals surface area contributed by atoms with Gasteiger partial charge in [0.1, 0.15) is 23.5 Å². The minimum atomic E-state index is -4.53. The zero-order valence-corrected chi connectivity index (χ0v) is 16.9. The molecule has 2 aliphatic rings. The normalized spacial score (nSPS) is 27.8. The summed E-state index contributed by atoms with van der Waals surface area (Å²) in [6.07, 6.45) is 0.177. The van der Waals surface area contributed by atoms with Crippen LogP contribution in [0.25, 0.3) is 0 Å². The highest BCUT2D eigenvalue weighted by Crippen LogP contribution is 2.49. The number of nitrogens with one attached hydrogen (secondary N) is 2. The van der Waals surface area contributed by atoms with E-state index in [1.807, 2.05) is 0 Å². The second-order valence-electron chi connectivity index (χ2n) is 7.18. The Morgan fingerprint density at radius 1 is 1.55 bits per heavy atom. The third kappa shape index (κ3) is 4.60. The molecule has 0 spiro atoms. The third-order valence-electron chi connectivity index (χ3n) is 4.62. The summed E-state index contributed by atoms with van der Waals surface area (Å²) in [5, 5.41) is 32.0. The first kappa shape index (κ1) is 21.7. The molecule has 1 aromatic rings. The molecule has 6 N–H and O–H groups in total. The maximum atomic E-state index is 12.2. The Morgan fingerprint density at radius 3 is 2.76 bits per heavy atom. The fraction of sp³-hybridized carbons (Fsp3) is 0.533. The molecule has 3 rings (SSSR count). The van der Waals surface area contributed by atoms with Gasteiger partial charge in [0, 0.05) is 18.7 Å². The first-order valence-corrected chi connectivity index (χ1v) is 10.5. The number of hydrogen-bond donors (Lipinski definition) is 6. The molecule has 1 aliphatic carbocycles. The predicted octanol–water partition coefficient (Wildman–Crippen LogP) is 0.669. The van der Waals surface area contributed by atoms with Gasteiger partial charge in [-0.25, -0.2) is 9.65 Å². The third-order valence-corrected chi connectivity index (χ3v) is 6.12. The second kappa shape index (κ2) is 7.35. The quantitative estimate of drug-likeness (QED) is 0.254. The molecular weight excluding hydrogens is 429 g/mol. The van der Waals surface area contributed by atoms with Crippen LogP contribution in [0.1, 0.15) is 32.4 Å². The van der Waals surface area contributed by atoms with Crippen LogP contribution in [0, 0.1) is 4.77 Å². The van der Waals surface area contributed by atoms with Crippen molar-refractivity contribution in [1.29, 1.82) is 0 Å². The van der Waals surface area contributed by atoms with E-state index in [0.29, 0.717) is 0 Å². The Labute approximate surface area is 169 Å². The lowest BCUT2D eigenvalue weighted by Gasteiger charge is -2.38. The van der Waals surface area contributed by atoms with Gasteiger partial charge >= 0.3 is 13.7 Å². The van der Waals surface area contributed by atoms with Crippen molar-refractivity contribution in [2.45, 2.75) is 43.6 Å². The van der Waals surface area contributed by atoms with Crippen molar-refractivity contribution in [3.63, 3.8) is 0 Å². The van der Waals surface area contributed by atoms with Gasteiger partial charge in [-0.15, -0.1) is 0 Å². The van der Waals surface area contributed by atoms with Gasteiger partial charge in [-0.05, 0) is 32.0 Å². The molecule has 0 bridgehead atoms. The fourth-order valence-electron chi connectivity index (χ4n) is 2.89. The molecule has 1 aromatic heterocycles. The van der Waals surface area contributed by atoms with E-state index >= 15 is 0 Å². The van der Waals surface area contributed by atoms with E-state index in [9.17, 15) is 29.3 Å². The van der Waals surface area contributed by atoms with Crippen molar-refractivity contribution in [3.05, 3.63) is 38.9 Å². The first-order chi connectivity index (χ1) is 13.4. The number of aliphatic carboxylic acids is 1. The molecule has 14 heteroatoms. The summed E-state index contributed by atoms with van der Waals surface area (Å²) in [6.45, 7) is 0.701. The Balaban J connectivity index is 1.77. The van der Waals surface area contributed by atoms with Crippen LogP contribution in [0.5, 0.6) is 0 Å². The summed E-state index contributed by atoms with van der Waals surface area (Å²) in [6, 6.07) is 1.16. The van der Waals surface area contributed by atoms with Gasteiger partial charge in [0.25, 0.3) is 5.56 Å². The molecule has 0 saturated heterocycles. The number of rotatable bonds is 7. The molecule has 0 aromatic carbocycles. The zero-order valence-electron chi connectivity index (χ0n) is 15.2. The fourth-order valence-corrected chi connectivity index (χ4v) is 4.36. The number of aromatic amines is 1. The average Bonchev–Trinajstić information content (AvgIpc) is 3.34. The maximum Gasteiger partial charge on any atom is 0.404 e. The Kier molecular flexibility index (Phi) is 5.49. The standard InChI is InChI=1S/C15H20N3O9PS/c1-14(23)6-8(19)9(27-11(14)18-5-2-10(20)16-13(18)29)7-26-28(24,25)17-15(3-4-15)12(21)22/h2,5,11,19,23H,3-4,6-7H2,1H3,(H,21,22)(H,16,20,29)(H2,17,24,25)/t11-,14?/m1/s1. The lowest BCUT2D eigenvalue weighted by Crippen LogP contribution is -2.43. The summed E-state index contributed by atoms with van der Waals surface area (Å²) in [5.74, 6) is -1.93. The van der Waals surface area contributed by atoms with Crippen LogP contribution >= 0.6 is 20.0 Å². The largest absolute Gasteiger partial charge is 0.509 e. The number of aliphatic hydroxyl groups excluding tert-OH is 1. The van der Waals surface area contributed by atoms with Crippen LogP contribution in [-0.2, 0) is 18.6 Å². The zero-order chi connectivity index (χ0) is 21.6. The Bertz CT molecular complexity index is 1030. The smallest absolute Gasteiger partial charge is 0.404 e. The number of nitrogens with zero attached hydrogens (tertiary/aromatic N) is 1. The predicted molar refractivity (Wildman–Crippen MR) is 99.4 cm³/mol. The number of ether oxygens (including phenoxy) is 1. The van der Waals surface area contributed by atoms with E-state index in [2.05, 4.69) is 10.1 Å². The molecule has 3 atom stereocenters. The van der Waals surface area contributed by atoms with E-state index in [1.54, 1.807) is 0 Å². The van der Waals surface area contributed by atoms with Gasteiger partial charge in [0.05, 0.1) is 0 Å². The minimum Gasteiger partial charge on any atom is -0.509 e. The van der Waals surface area contributed by atoms with Gasteiger partial charge in [0.15, 0.2) is 10.5 Å². The van der Waals surface area contributed by atoms with Gasteiger partial charge < -0.3 is 24.9 Å². The van der Waals surface area contributed by atoms with Crippen LogP contribution in [0.2, 0.25) is 0 Å². The summed E-state index contributed by atoms with van der Waals surface area (Å²) < 4.78 is 23.8. The summed E-state index contributed by atoms with van der Waals surface area (Å²) in [4.78, 5) is 34.8. The van der Waals surface area contributed by atoms with Gasteiger partial charge in [-0.1, -0.05) is 0 Å². The number of aliphatic hydroxyl groups is 2. The van der Waals surface area contributed by atoms with Crippen LogP contribution in [-0.4, -0.2) is 53.5 Å². The molecule has 2 unspecified atom stereocenters. The average molecular weight is 449 g/mol. The lowest BCUT2D eigenvalue weighted by atomic mass is 9.95. The van der Waals surface area contributed by atoms with Crippen LogP contribution in [0.3, 0.4) is 0 Å². The minimum absolute atomic E-state index is 0.0453. The number of carboxylic acids is 1. The van der Waals surface area contributed by atoms with Crippen molar-refractivity contribution in [2.24, 2.45) is 0 Å². The number of aromatic nitrogens is 2. The molecule has 0 radical (unpaired) electrons. The van der Waals surface area contributed by atoms with Gasteiger partial charge in [0.2, 0.25) is 6.23 Å². The van der Waals surface area contributed by atoms with Crippen LogP contribution < -0.4 is 10.6 Å². The number of H-pyrrole nitrogens is 1. The van der Waals surface area contributed by atoms with Gasteiger partial charge in [-0.2, -0.15) is 0 Å².